The second-order valence-corrected chi connectivity index (χ2v) is 7.72. The van der Waals surface area contributed by atoms with Crippen molar-refractivity contribution in [3.8, 4) is 0 Å². The summed E-state index contributed by atoms with van der Waals surface area (Å²) in [4.78, 5) is 2.38. The van der Waals surface area contributed by atoms with Crippen molar-refractivity contribution in [2.24, 2.45) is 5.92 Å². The SMILES string of the molecule is Cl.FC(F)(F)c1ccc(Br)c([C@H](C2CCCCC2)N2CCNCC2)c1. The third kappa shape index (κ3) is 5.12. The maximum absolute atomic E-state index is 13.2. The van der Waals surface area contributed by atoms with Gasteiger partial charge in [0.25, 0.3) is 0 Å². The van der Waals surface area contributed by atoms with Crippen molar-refractivity contribution >= 4 is 28.3 Å². The van der Waals surface area contributed by atoms with Gasteiger partial charge in [0.15, 0.2) is 0 Å². The lowest BCUT2D eigenvalue weighted by molar-refractivity contribution is -0.137. The summed E-state index contributed by atoms with van der Waals surface area (Å²) in [7, 11) is 0. The number of alkyl halides is 3. The quantitative estimate of drug-likeness (QED) is 0.674. The highest BCUT2D eigenvalue weighted by Crippen LogP contribution is 2.42. The maximum Gasteiger partial charge on any atom is 0.416 e. The van der Waals surface area contributed by atoms with Crippen LogP contribution in [0, 0.1) is 5.92 Å². The molecule has 25 heavy (non-hydrogen) atoms. The van der Waals surface area contributed by atoms with E-state index in [4.69, 9.17) is 0 Å². The Hall–Kier alpha value is -0.300. The average molecular weight is 442 g/mol. The topological polar surface area (TPSA) is 15.3 Å². The Bertz CT molecular complexity index is 538. The summed E-state index contributed by atoms with van der Waals surface area (Å²) in [5.41, 5.74) is 0.260. The van der Waals surface area contributed by atoms with Crippen LogP contribution >= 0.6 is 28.3 Å². The van der Waals surface area contributed by atoms with Crippen LogP contribution in [0.4, 0.5) is 13.2 Å². The smallest absolute Gasteiger partial charge is 0.314 e. The summed E-state index contributed by atoms with van der Waals surface area (Å²) in [5.74, 6) is 0.441. The fourth-order valence-corrected chi connectivity index (χ4v) is 4.59. The molecule has 0 amide bonds. The largest absolute Gasteiger partial charge is 0.416 e. The van der Waals surface area contributed by atoms with E-state index in [0.29, 0.717) is 5.92 Å². The molecule has 1 saturated heterocycles. The molecular formula is C18H25BrClF3N2. The Morgan fingerprint density at radius 1 is 1.08 bits per heavy atom. The van der Waals surface area contributed by atoms with Crippen LogP contribution < -0.4 is 5.32 Å². The molecule has 0 spiro atoms. The molecule has 3 rings (SSSR count). The number of piperazine rings is 1. The van der Waals surface area contributed by atoms with E-state index in [2.05, 4.69) is 26.1 Å². The van der Waals surface area contributed by atoms with Gasteiger partial charge in [-0.25, -0.2) is 0 Å². The first-order valence-corrected chi connectivity index (χ1v) is 9.57. The van der Waals surface area contributed by atoms with Gasteiger partial charge in [0, 0.05) is 36.7 Å². The molecule has 0 unspecified atom stereocenters. The maximum atomic E-state index is 13.2. The number of halogens is 5. The molecule has 2 nitrogen and oxygen atoms in total. The Kier molecular flexibility index (Phi) is 7.62. The highest BCUT2D eigenvalue weighted by molar-refractivity contribution is 9.10. The van der Waals surface area contributed by atoms with E-state index in [-0.39, 0.29) is 18.4 Å². The number of rotatable bonds is 3. The van der Waals surface area contributed by atoms with Crippen molar-refractivity contribution in [2.75, 3.05) is 26.2 Å². The first-order chi connectivity index (χ1) is 11.5. The lowest BCUT2D eigenvalue weighted by Crippen LogP contribution is -2.47. The minimum Gasteiger partial charge on any atom is -0.314 e. The van der Waals surface area contributed by atoms with Crippen molar-refractivity contribution in [2.45, 2.75) is 44.3 Å². The molecular weight excluding hydrogens is 417 g/mol. The average Bonchev–Trinajstić information content (AvgIpc) is 2.58. The standard InChI is InChI=1S/C18H24BrF3N2.ClH/c19-16-7-6-14(18(20,21)22)12-15(16)17(13-4-2-1-3-5-13)24-10-8-23-9-11-24;/h6-7,12-13,17,23H,1-5,8-11H2;1H/t17-;/m0./s1. The molecule has 0 radical (unpaired) electrons. The first-order valence-electron chi connectivity index (χ1n) is 8.78. The summed E-state index contributed by atoms with van der Waals surface area (Å²) in [5, 5.41) is 3.34. The number of hydrogen-bond acceptors (Lipinski definition) is 2. The predicted molar refractivity (Wildman–Crippen MR) is 100 cm³/mol. The van der Waals surface area contributed by atoms with E-state index in [1.54, 1.807) is 6.07 Å². The Balaban J connectivity index is 0.00000225. The van der Waals surface area contributed by atoms with Crippen molar-refractivity contribution in [3.63, 3.8) is 0 Å². The summed E-state index contributed by atoms with van der Waals surface area (Å²) >= 11 is 3.52. The monoisotopic (exact) mass is 440 g/mol. The molecule has 1 aliphatic carbocycles. The third-order valence-corrected chi connectivity index (χ3v) is 6.01. The van der Waals surface area contributed by atoms with Crippen molar-refractivity contribution in [3.05, 3.63) is 33.8 Å². The lowest BCUT2D eigenvalue weighted by Gasteiger charge is -2.41. The molecule has 1 aromatic carbocycles. The molecule has 0 bridgehead atoms. The Labute approximate surface area is 162 Å². The van der Waals surface area contributed by atoms with Crippen LogP contribution in [0.25, 0.3) is 0 Å². The van der Waals surface area contributed by atoms with Crippen LogP contribution in [0.5, 0.6) is 0 Å². The van der Waals surface area contributed by atoms with Crippen LogP contribution in [0.15, 0.2) is 22.7 Å². The fourth-order valence-electron chi connectivity index (χ4n) is 4.11. The summed E-state index contributed by atoms with van der Waals surface area (Å²) in [6.07, 6.45) is 1.53. The zero-order valence-electron chi connectivity index (χ0n) is 14.1. The molecule has 1 aliphatic heterocycles. The minimum atomic E-state index is -4.30. The van der Waals surface area contributed by atoms with Gasteiger partial charge in [0.2, 0.25) is 0 Å². The minimum absolute atomic E-state index is 0. The van der Waals surface area contributed by atoms with Gasteiger partial charge < -0.3 is 5.32 Å². The fraction of sp³-hybridized carbons (Fsp3) is 0.667. The van der Waals surface area contributed by atoms with E-state index in [1.807, 2.05) is 0 Å². The van der Waals surface area contributed by atoms with Gasteiger partial charge in [-0.3, -0.25) is 4.90 Å². The number of nitrogens with zero attached hydrogens (tertiary/aromatic N) is 1. The highest BCUT2D eigenvalue weighted by atomic mass is 79.9. The normalized spacial score (nSPS) is 21.6. The van der Waals surface area contributed by atoms with E-state index >= 15 is 0 Å². The molecule has 2 fully saturated rings. The van der Waals surface area contributed by atoms with Gasteiger partial charge in [-0.2, -0.15) is 13.2 Å². The first kappa shape index (κ1) is 21.0. The van der Waals surface area contributed by atoms with E-state index in [0.717, 1.165) is 49.1 Å². The Morgan fingerprint density at radius 3 is 2.32 bits per heavy atom. The highest BCUT2D eigenvalue weighted by Gasteiger charge is 2.35. The van der Waals surface area contributed by atoms with Gasteiger partial charge in [-0.1, -0.05) is 35.2 Å². The molecule has 1 aromatic rings. The molecule has 1 saturated carbocycles. The lowest BCUT2D eigenvalue weighted by atomic mass is 9.80. The Morgan fingerprint density at radius 2 is 1.72 bits per heavy atom. The van der Waals surface area contributed by atoms with Gasteiger partial charge in [0.1, 0.15) is 0 Å². The number of nitrogens with one attached hydrogen (secondary N) is 1. The summed E-state index contributed by atoms with van der Waals surface area (Å²) < 4.78 is 40.4. The summed E-state index contributed by atoms with van der Waals surface area (Å²) in [6, 6.07) is 4.18. The van der Waals surface area contributed by atoms with Crippen molar-refractivity contribution in [1.82, 2.24) is 10.2 Å². The van der Waals surface area contributed by atoms with Crippen LogP contribution in [-0.2, 0) is 6.18 Å². The molecule has 1 heterocycles. The van der Waals surface area contributed by atoms with Crippen LogP contribution in [0.1, 0.15) is 49.3 Å². The molecule has 0 aromatic heterocycles. The van der Waals surface area contributed by atoms with Crippen LogP contribution in [-0.4, -0.2) is 31.1 Å². The molecule has 2 aliphatic rings. The van der Waals surface area contributed by atoms with E-state index in [9.17, 15) is 13.2 Å². The van der Waals surface area contributed by atoms with E-state index < -0.39 is 11.7 Å². The number of hydrogen-bond donors (Lipinski definition) is 1. The van der Waals surface area contributed by atoms with Crippen molar-refractivity contribution in [1.29, 1.82) is 0 Å². The second kappa shape index (κ2) is 9.07. The molecule has 7 heteroatoms. The van der Waals surface area contributed by atoms with Crippen LogP contribution in [0.2, 0.25) is 0 Å². The molecule has 1 atom stereocenters. The molecule has 1 N–H and O–H groups in total. The zero-order chi connectivity index (χ0) is 17.2. The summed E-state index contributed by atoms with van der Waals surface area (Å²) in [6.45, 7) is 3.59. The third-order valence-electron chi connectivity index (χ3n) is 5.28. The van der Waals surface area contributed by atoms with Gasteiger partial charge in [-0.15, -0.1) is 12.4 Å². The van der Waals surface area contributed by atoms with Gasteiger partial charge in [-0.05, 0) is 42.5 Å². The zero-order valence-corrected chi connectivity index (χ0v) is 16.5. The van der Waals surface area contributed by atoms with Crippen molar-refractivity contribution < 1.29 is 13.2 Å². The van der Waals surface area contributed by atoms with Crippen LogP contribution in [0.3, 0.4) is 0 Å². The number of benzene rings is 1. The predicted octanol–water partition coefficient (Wildman–Crippen LogP) is 5.42. The van der Waals surface area contributed by atoms with Gasteiger partial charge >= 0.3 is 6.18 Å². The molecule has 142 valence electrons. The van der Waals surface area contributed by atoms with Gasteiger partial charge in [0.05, 0.1) is 5.56 Å². The van der Waals surface area contributed by atoms with E-state index in [1.165, 1.54) is 31.4 Å². The second-order valence-electron chi connectivity index (χ2n) is 6.86.